The lowest BCUT2D eigenvalue weighted by Crippen LogP contribution is -2.40. The highest BCUT2D eigenvalue weighted by atomic mass is 16.3. The van der Waals surface area contributed by atoms with E-state index >= 15 is 0 Å². The second-order valence-corrected chi connectivity index (χ2v) is 23.5. The second-order valence-electron chi connectivity index (χ2n) is 23.5. The average molecular weight is 922 g/mol. The molecule has 0 saturated heterocycles. The Morgan fingerprint density at radius 3 is 0.776 bits per heavy atom. The number of amides is 5. The summed E-state index contributed by atoms with van der Waals surface area (Å²) in [5.41, 5.74) is -2.64. The first-order valence-electron chi connectivity index (χ1n) is 22.3. The average Bonchev–Trinajstić information content (AvgIpc) is 3.14. The summed E-state index contributed by atoms with van der Waals surface area (Å²) in [6.07, 6.45) is 0. The number of benzene rings is 4. The number of hydrogen-bond acceptors (Lipinski definition) is 9. The number of anilines is 4. The summed E-state index contributed by atoms with van der Waals surface area (Å²) in [5, 5.41) is 59.9. The first kappa shape index (κ1) is 53.0. The molecule has 0 atom stereocenters. The van der Waals surface area contributed by atoms with E-state index in [1.807, 2.05) is 83.1 Å². The third-order valence-electron chi connectivity index (χ3n) is 11.0. The van der Waals surface area contributed by atoms with E-state index in [9.17, 15) is 44.4 Å². The van der Waals surface area contributed by atoms with Gasteiger partial charge in [-0.15, -0.1) is 0 Å². The molecule has 0 aromatic heterocycles. The van der Waals surface area contributed by atoms with Crippen LogP contribution in [0.25, 0.3) is 0 Å². The summed E-state index contributed by atoms with van der Waals surface area (Å²) in [4.78, 5) is 69.1. The van der Waals surface area contributed by atoms with Crippen molar-refractivity contribution < 1.29 is 44.4 Å². The van der Waals surface area contributed by atoms with Crippen LogP contribution in [0.1, 0.15) is 188 Å². The van der Waals surface area contributed by atoms with E-state index < -0.39 is 79.2 Å². The molecule has 67 heavy (non-hydrogen) atoms. The van der Waals surface area contributed by atoms with Crippen LogP contribution in [0.4, 0.5) is 22.7 Å². The van der Waals surface area contributed by atoms with Gasteiger partial charge in [0, 0.05) is 11.0 Å². The lowest BCUT2D eigenvalue weighted by atomic mass is 9.84. The van der Waals surface area contributed by atoms with E-state index in [4.69, 9.17) is 0 Å². The van der Waals surface area contributed by atoms with E-state index in [0.717, 1.165) is 0 Å². The summed E-state index contributed by atoms with van der Waals surface area (Å²) in [6.45, 7) is 33.2. The van der Waals surface area contributed by atoms with Gasteiger partial charge < -0.3 is 47.0 Å². The molecule has 5 amide bonds. The molecule has 4 aromatic rings. The zero-order chi connectivity index (χ0) is 51.3. The molecule has 0 heterocycles. The van der Waals surface area contributed by atoms with Gasteiger partial charge in [0.05, 0.1) is 45.0 Å². The van der Waals surface area contributed by atoms with E-state index in [2.05, 4.69) is 26.6 Å². The fraction of sp³-hybridized carbons (Fsp3) is 0.453. The van der Waals surface area contributed by atoms with Gasteiger partial charge >= 0.3 is 0 Å². The van der Waals surface area contributed by atoms with Gasteiger partial charge in [-0.2, -0.15) is 0 Å². The van der Waals surface area contributed by atoms with Crippen molar-refractivity contribution in [3.63, 3.8) is 0 Å². The first-order chi connectivity index (χ1) is 30.2. The van der Waals surface area contributed by atoms with E-state index in [-0.39, 0.29) is 50.9 Å². The molecule has 4 rings (SSSR count). The minimum Gasteiger partial charge on any atom is -0.505 e. The van der Waals surface area contributed by atoms with E-state index in [1.165, 1.54) is 30.3 Å². The van der Waals surface area contributed by atoms with Gasteiger partial charge in [-0.1, -0.05) is 104 Å². The smallest absolute Gasteiger partial charge is 0.259 e. The van der Waals surface area contributed by atoms with Crippen molar-refractivity contribution in [2.75, 3.05) is 21.3 Å². The molecular weight excluding hydrogens is 851 g/mol. The molecule has 0 aliphatic rings. The molecule has 0 aliphatic heterocycles. The molecule has 0 unspecified atom stereocenters. The number of phenolic OH excluding ortho intramolecular Hbond substituents is 4. The Kier molecular flexibility index (Phi) is 14.5. The standard InChI is InChI=1S/C53H71N5O9/c1-48(2,3)27-19-31(39(59)36(24-27)55-45(65)33-21-29(50(7,8)9)26-38(41(33)61)57-47(67)52(13,14)15)43(63)54-35-23-28(49(4,5)6)20-32(40(35)60)44(64)56-37-25-30(51(10,11)12)22-34(42(37)62)46(66)58-53(16,17)18/h19-26,59-62H,1-18H3,(H,54,63)(H,55,65)(H,56,64)(H,57,67)(H,58,66). The Morgan fingerprint density at radius 2 is 0.567 bits per heavy atom. The van der Waals surface area contributed by atoms with Crippen LogP contribution in [-0.2, 0) is 26.5 Å². The minimum absolute atomic E-state index is 0.0269. The van der Waals surface area contributed by atoms with E-state index in [1.54, 1.807) is 59.7 Å². The van der Waals surface area contributed by atoms with Crippen molar-refractivity contribution in [1.82, 2.24) is 5.32 Å². The van der Waals surface area contributed by atoms with Gasteiger partial charge in [0.15, 0.2) is 23.0 Å². The van der Waals surface area contributed by atoms with Crippen molar-refractivity contribution in [1.29, 1.82) is 0 Å². The second kappa shape index (κ2) is 18.3. The molecule has 9 N–H and O–H groups in total. The number of nitrogens with one attached hydrogen (secondary N) is 5. The van der Waals surface area contributed by atoms with Crippen molar-refractivity contribution in [3.8, 4) is 23.0 Å². The van der Waals surface area contributed by atoms with Gasteiger partial charge in [0.2, 0.25) is 5.91 Å². The quantitative estimate of drug-likeness (QED) is 0.0765. The monoisotopic (exact) mass is 922 g/mol. The fourth-order valence-corrected chi connectivity index (χ4v) is 6.63. The van der Waals surface area contributed by atoms with Crippen LogP contribution < -0.4 is 26.6 Å². The Balaban J connectivity index is 1.83. The summed E-state index contributed by atoms with van der Waals surface area (Å²) in [5.74, 6) is -5.77. The Morgan fingerprint density at radius 1 is 0.343 bits per heavy atom. The molecular formula is C53H71N5O9. The van der Waals surface area contributed by atoms with E-state index in [0.29, 0.717) is 22.3 Å². The molecule has 0 fully saturated rings. The highest BCUT2D eigenvalue weighted by molar-refractivity contribution is 6.14. The molecule has 14 heteroatoms. The van der Waals surface area contributed by atoms with Crippen LogP contribution in [0.15, 0.2) is 48.5 Å². The van der Waals surface area contributed by atoms with Gasteiger partial charge in [0.25, 0.3) is 23.6 Å². The molecule has 0 bridgehead atoms. The van der Waals surface area contributed by atoms with Crippen LogP contribution in [0.2, 0.25) is 0 Å². The molecule has 0 radical (unpaired) electrons. The first-order valence-corrected chi connectivity index (χ1v) is 22.3. The van der Waals surface area contributed by atoms with Crippen molar-refractivity contribution in [2.24, 2.45) is 5.41 Å². The van der Waals surface area contributed by atoms with Crippen LogP contribution >= 0.6 is 0 Å². The summed E-state index contributed by atoms with van der Waals surface area (Å²) >= 11 is 0. The van der Waals surface area contributed by atoms with Crippen LogP contribution in [0, 0.1) is 5.41 Å². The zero-order valence-electron chi connectivity index (χ0n) is 42.4. The van der Waals surface area contributed by atoms with Gasteiger partial charge in [-0.25, -0.2) is 0 Å². The molecule has 0 spiro atoms. The normalized spacial score (nSPS) is 12.6. The van der Waals surface area contributed by atoms with Crippen LogP contribution in [0.3, 0.4) is 0 Å². The maximum absolute atomic E-state index is 14.4. The summed E-state index contributed by atoms with van der Waals surface area (Å²) in [6, 6.07) is 12.2. The third-order valence-corrected chi connectivity index (χ3v) is 11.0. The number of aromatic hydroxyl groups is 4. The lowest BCUT2D eigenvalue weighted by Gasteiger charge is -2.25. The lowest BCUT2D eigenvalue weighted by molar-refractivity contribution is -0.123. The summed E-state index contributed by atoms with van der Waals surface area (Å²) in [7, 11) is 0. The van der Waals surface area contributed by atoms with Gasteiger partial charge in [0.1, 0.15) is 0 Å². The highest BCUT2D eigenvalue weighted by Crippen LogP contribution is 2.41. The Labute approximate surface area is 395 Å². The largest absolute Gasteiger partial charge is 0.505 e. The molecule has 0 aliphatic carbocycles. The number of phenols is 4. The maximum atomic E-state index is 14.4. The molecule has 4 aromatic carbocycles. The number of hydrogen-bond donors (Lipinski definition) is 9. The predicted octanol–water partition coefficient (Wildman–Crippen LogP) is 11.0. The predicted molar refractivity (Wildman–Crippen MR) is 266 cm³/mol. The fourth-order valence-electron chi connectivity index (χ4n) is 6.63. The molecule has 362 valence electrons. The van der Waals surface area contributed by atoms with Gasteiger partial charge in [-0.05, 0) is 113 Å². The minimum atomic E-state index is -0.901. The number of carbonyl (C=O) groups is 5. The Bertz CT molecular complexity index is 2640. The van der Waals surface area contributed by atoms with Crippen molar-refractivity contribution in [3.05, 3.63) is 93.0 Å². The Hall–Kier alpha value is -6.57. The van der Waals surface area contributed by atoms with Crippen LogP contribution in [-0.4, -0.2) is 55.5 Å². The van der Waals surface area contributed by atoms with Gasteiger partial charge in [-0.3, -0.25) is 24.0 Å². The van der Waals surface area contributed by atoms with Crippen LogP contribution in [0.5, 0.6) is 23.0 Å². The topological polar surface area (TPSA) is 226 Å². The maximum Gasteiger partial charge on any atom is 0.259 e. The summed E-state index contributed by atoms with van der Waals surface area (Å²) < 4.78 is 0. The number of rotatable bonds is 8. The van der Waals surface area contributed by atoms with Crippen molar-refractivity contribution in [2.45, 2.75) is 152 Å². The third kappa shape index (κ3) is 12.7. The molecule has 0 saturated carbocycles. The van der Waals surface area contributed by atoms with Crippen molar-refractivity contribution >= 4 is 52.3 Å². The highest BCUT2D eigenvalue weighted by Gasteiger charge is 2.31. The number of carbonyl (C=O) groups excluding carboxylic acids is 5. The molecule has 14 nitrogen and oxygen atoms in total. The zero-order valence-corrected chi connectivity index (χ0v) is 42.4. The SMILES string of the molecule is CC(C)(C)NC(=O)c1cc(C(C)(C)C)cc(NC(=O)c2cc(C(C)(C)C)cc(NC(=O)c3cc(C(C)(C)C)cc(NC(=O)c4cc(C(C)(C)C)cc(NC(=O)C(C)(C)C)c4O)c3O)c2O)c1O.